The molecule has 0 radical (unpaired) electrons. The fourth-order valence-corrected chi connectivity index (χ4v) is 1.62. The molecule has 0 atom stereocenters. The number of nitrogens with zero attached hydrogens (tertiary/aromatic N) is 3. The van der Waals surface area contributed by atoms with Crippen molar-refractivity contribution in [3.05, 3.63) is 29.8 Å². The summed E-state index contributed by atoms with van der Waals surface area (Å²) in [7, 11) is 0. The van der Waals surface area contributed by atoms with Crippen LogP contribution in [0.15, 0.2) is 34.8 Å². The third kappa shape index (κ3) is 1.74. The predicted molar refractivity (Wildman–Crippen MR) is 53.1 cm³/mol. The third-order valence-electron chi connectivity index (χ3n) is 1.56. The molecule has 0 aliphatic carbocycles. The SMILES string of the molecule is O=C=Nc1nc(-c2ccccn2)cs1. The first-order valence-corrected chi connectivity index (χ1v) is 4.73. The Balaban J connectivity index is 2.39. The molecular formula is C9H5N3OS. The Morgan fingerprint density at radius 1 is 1.36 bits per heavy atom. The van der Waals surface area contributed by atoms with E-state index in [1.54, 1.807) is 11.6 Å². The Labute approximate surface area is 84.0 Å². The van der Waals surface area contributed by atoms with E-state index in [4.69, 9.17) is 0 Å². The largest absolute Gasteiger partial charge is 0.255 e. The minimum absolute atomic E-state index is 0.403. The first-order valence-electron chi connectivity index (χ1n) is 3.85. The average molecular weight is 203 g/mol. The summed E-state index contributed by atoms with van der Waals surface area (Å²) in [6, 6.07) is 5.56. The summed E-state index contributed by atoms with van der Waals surface area (Å²) in [5.41, 5.74) is 1.50. The molecule has 2 aromatic rings. The van der Waals surface area contributed by atoms with Crippen LogP contribution in [0.1, 0.15) is 0 Å². The molecule has 0 saturated carbocycles. The Morgan fingerprint density at radius 3 is 3.00 bits per heavy atom. The molecule has 2 aromatic heterocycles. The van der Waals surface area contributed by atoms with Gasteiger partial charge in [-0.1, -0.05) is 6.07 Å². The van der Waals surface area contributed by atoms with Crippen molar-refractivity contribution in [1.82, 2.24) is 9.97 Å². The summed E-state index contributed by atoms with van der Waals surface area (Å²) < 4.78 is 0. The van der Waals surface area contributed by atoms with E-state index in [9.17, 15) is 4.79 Å². The minimum atomic E-state index is 0.403. The van der Waals surface area contributed by atoms with Crippen LogP contribution in [0.2, 0.25) is 0 Å². The topological polar surface area (TPSA) is 55.2 Å². The number of thiazole rings is 1. The molecule has 2 heterocycles. The van der Waals surface area contributed by atoms with Gasteiger partial charge in [-0.2, -0.15) is 0 Å². The third-order valence-corrected chi connectivity index (χ3v) is 2.30. The highest BCUT2D eigenvalue weighted by molar-refractivity contribution is 7.13. The second-order valence-corrected chi connectivity index (χ2v) is 3.27. The van der Waals surface area contributed by atoms with Gasteiger partial charge in [0.15, 0.2) is 0 Å². The summed E-state index contributed by atoms with van der Waals surface area (Å²) in [6.07, 6.45) is 3.14. The molecule has 2 rings (SSSR count). The number of pyridine rings is 1. The normalized spacial score (nSPS) is 9.43. The monoisotopic (exact) mass is 203 g/mol. The molecule has 0 amide bonds. The van der Waals surface area contributed by atoms with E-state index >= 15 is 0 Å². The van der Waals surface area contributed by atoms with E-state index in [1.807, 2.05) is 18.2 Å². The van der Waals surface area contributed by atoms with Crippen molar-refractivity contribution in [2.45, 2.75) is 0 Å². The van der Waals surface area contributed by atoms with Crippen LogP contribution in [0.25, 0.3) is 11.4 Å². The van der Waals surface area contributed by atoms with Crippen LogP contribution in [0.5, 0.6) is 0 Å². The number of hydrogen-bond donors (Lipinski definition) is 0. The lowest BCUT2D eigenvalue weighted by Gasteiger charge is -1.91. The van der Waals surface area contributed by atoms with E-state index in [-0.39, 0.29) is 0 Å². The Kier molecular flexibility index (Phi) is 2.44. The molecule has 0 N–H and O–H groups in total. The molecule has 0 spiro atoms. The van der Waals surface area contributed by atoms with Crippen LogP contribution in [0, 0.1) is 0 Å². The molecule has 4 nitrogen and oxygen atoms in total. The number of aromatic nitrogens is 2. The van der Waals surface area contributed by atoms with E-state index in [0.29, 0.717) is 5.13 Å². The van der Waals surface area contributed by atoms with Crippen molar-refractivity contribution in [1.29, 1.82) is 0 Å². The van der Waals surface area contributed by atoms with Gasteiger partial charge in [0.25, 0.3) is 0 Å². The minimum Gasteiger partial charge on any atom is -0.255 e. The van der Waals surface area contributed by atoms with Gasteiger partial charge in [0.05, 0.1) is 5.69 Å². The number of carbonyl (C=O) groups excluding carboxylic acids is 1. The Morgan fingerprint density at radius 2 is 2.29 bits per heavy atom. The van der Waals surface area contributed by atoms with Gasteiger partial charge < -0.3 is 0 Å². The quantitative estimate of drug-likeness (QED) is 0.555. The fraction of sp³-hybridized carbons (Fsp3) is 0. The standard InChI is InChI=1S/C9H5N3OS/c13-6-11-9-12-8(5-14-9)7-3-1-2-4-10-7/h1-5H. The fourth-order valence-electron chi connectivity index (χ4n) is 0.987. The van der Waals surface area contributed by atoms with Gasteiger partial charge in [-0.15, -0.1) is 16.3 Å². The van der Waals surface area contributed by atoms with Crippen molar-refractivity contribution in [2.24, 2.45) is 4.99 Å². The van der Waals surface area contributed by atoms with Gasteiger partial charge in [0, 0.05) is 11.6 Å². The van der Waals surface area contributed by atoms with E-state index in [0.717, 1.165) is 11.4 Å². The summed E-state index contributed by atoms with van der Waals surface area (Å²) >= 11 is 1.29. The molecule has 0 aliphatic rings. The zero-order chi connectivity index (χ0) is 9.80. The van der Waals surface area contributed by atoms with Crippen LogP contribution in [-0.2, 0) is 4.79 Å². The van der Waals surface area contributed by atoms with Gasteiger partial charge in [0.2, 0.25) is 11.2 Å². The highest BCUT2D eigenvalue weighted by Gasteiger charge is 2.03. The van der Waals surface area contributed by atoms with Gasteiger partial charge >= 0.3 is 0 Å². The molecular weight excluding hydrogens is 198 g/mol. The van der Waals surface area contributed by atoms with Gasteiger partial charge in [-0.25, -0.2) is 9.78 Å². The Hall–Kier alpha value is -1.84. The average Bonchev–Trinajstić information content (AvgIpc) is 2.68. The lowest BCUT2D eigenvalue weighted by molar-refractivity contribution is 0.565. The van der Waals surface area contributed by atoms with Crippen molar-refractivity contribution < 1.29 is 4.79 Å². The van der Waals surface area contributed by atoms with Crippen LogP contribution in [0.3, 0.4) is 0 Å². The van der Waals surface area contributed by atoms with Crippen LogP contribution in [0.4, 0.5) is 5.13 Å². The van der Waals surface area contributed by atoms with Crippen LogP contribution < -0.4 is 0 Å². The maximum atomic E-state index is 9.98. The molecule has 0 saturated heterocycles. The number of hydrogen-bond acceptors (Lipinski definition) is 5. The molecule has 5 heteroatoms. The van der Waals surface area contributed by atoms with Gasteiger partial charge in [-0.3, -0.25) is 4.98 Å². The highest BCUT2D eigenvalue weighted by atomic mass is 32.1. The highest BCUT2D eigenvalue weighted by Crippen LogP contribution is 2.24. The van der Waals surface area contributed by atoms with Crippen molar-refractivity contribution >= 4 is 22.5 Å². The predicted octanol–water partition coefficient (Wildman–Crippen LogP) is 2.17. The smallest absolute Gasteiger partial charge is 0.242 e. The summed E-state index contributed by atoms with van der Waals surface area (Å²) in [6.45, 7) is 0. The molecule has 0 bridgehead atoms. The first-order chi connectivity index (χ1) is 6.90. The number of aliphatic imine (C=N–C) groups is 1. The lowest BCUT2D eigenvalue weighted by Crippen LogP contribution is -1.80. The van der Waals surface area contributed by atoms with E-state index in [1.165, 1.54) is 17.4 Å². The van der Waals surface area contributed by atoms with Crippen molar-refractivity contribution in [2.75, 3.05) is 0 Å². The molecule has 68 valence electrons. The summed E-state index contributed by atoms with van der Waals surface area (Å²) in [5.74, 6) is 0. The van der Waals surface area contributed by atoms with Crippen molar-refractivity contribution in [3.63, 3.8) is 0 Å². The Bertz CT molecular complexity index is 474. The summed E-state index contributed by atoms with van der Waals surface area (Å²) in [5, 5.41) is 2.21. The molecule has 0 fully saturated rings. The first kappa shape index (κ1) is 8.74. The molecule has 0 aliphatic heterocycles. The van der Waals surface area contributed by atoms with Gasteiger partial charge in [-0.05, 0) is 12.1 Å². The maximum absolute atomic E-state index is 9.98. The van der Waals surface area contributed by atoms with Crippen molar-refractivity contribution in [3.8, 4) is 11.4 Å². The van der Waals surface area contributed by atoms with Gasteiger partial charge in [0.1, 0.15) is 5.69 Å². The van der Waals surface area contributed by atoms with E-state index < -0.39 is 0 Å². The molecule has 0 unspecified atom stereocenters. The number of rotatable bonds is 2. The van der Waals surface area contributed by atoms with E-state index in [2.05, 4.69) is 15.0 Å². The second-order valence-electron chi connectivity index (χ2n) is 2.43. The van der Waals surface area contributed by atoms with Crippen LogP contribution >= 0.6 is 11.3 Å². The zero-order valence-electron chi connectivity index (χ0n) is 7.04. The molecule has 0 aromatic carbocycles. The lowest BCUT2D eigenvalue weighted by atomic mass is 10.3. The maximum Gasteiger partial charge on any atom is 0.242 e. The zero-order valence-corrected chi connectivity index (χ0v) is 7.86. The van der Waals surface area contributed by atoms with Crippen LogP contribution in [-0.4, -0.2) is 16.0 Å². The number of isocyanates is 1. The summed E-state index contributed by atoms with van der Waals surface area (Å²) in [4.78, 5) is 21.6. The molecule has 14 heavy (non-hydrogen) atoms. The second kappa shape index (κ2) is 3.91.